The molecule has 1 fully saturated rings. The summed E-state index contributed by atoms with van der Waals surface area (Å²) in [5.41, 5.74) is 1.87. The lowest BCUT2D eigenvalue weighted by Gasteiger charge is -2.46. The van der Waals surface area contributed by atoms with Crippen LogP contribution in [0.1, 0.15) is 40.5 Å². The van der Waals surface area contributed by atoms with Gasteiger partial charge in [0.05, 0.1) is 23.4 Å². The smallest absolute Gasteiger partial charge is 0.307 e. The molecule has 1 aliphatic heterocycles. The number of nitrogens with one attached hydrogen (secondary N) is 1. The largest absolute Gasteiger partial charge is 0.496 e. The Morgan fingerprint density at radius 3 is 2.42 bits per heavy atom. The number of benzene rings is 1. The molecule has 1 aromatic carbocycles. The first-order chi connectivity index (χ1) is 15.5. The highest BCUT2D eigenvalue weighted by atomic mass is 16.6. The van der Waals surface area contributed by atoms with E-state index in [1.807, 2.05) is 18.2 Å². The minimum atomic E-state index is -0.486. The summed E-state index contributed by atoms with van der Waals surface area (Å²) in [6.45, 7) is 8.71. The highest BCUT2D eigenvalue weighted by Gasteiger charge is 2.38. The first-order valence-electron chi connectivity index (χ1n) is 10.7. The molecule has 1 N–H and O–H groups in total. The molecular weight excluding hydrogens is 424 g/mol. The van der Waals surface area contributed by atoms with Crippen molar-refractivity contribution in [2.45, 2.75) is 57.7 Å². The minimum absolute atomic E-state index is 0.0239. The monoisotopic (exact) mass is 452 g/mol. The van der Waals surface area contributed by atoms with Gasteiger partial charge in [0, 0.05) is 41.6 Å². The Morgan fingerprint density at radius 2 is 1.85 bits per heavy atom. The summed E-state index contributed by atoms with van der Waals surface area (Å²) in [5.74, 6) is 1.03. The molecule has 0 atom stereocenters. The molecule has 0 radical (unpaired) electrons. The predicted octanol–water partition coefficient (Wildman–Crippen LogP) is 3.93. The number of hydrogen-bond acceptors (Lipinski definition) is 8. The van der Waals surface area contributed by atoms with E-state index in [9.17, 15) is 10.1 Å². The van der Waals surface area contributed by atoms with Crippen LogP contribution in [-0.2, 0) is 0 Å². The maximum atomic E-state index is 10.9. The lowest BCUT2D eigenvalue weighted by atomic mass is 9.81. The van der Waals surface area contributed by atoms with Gasteiger partial charge in [0.25, 0.3) is 0 Å². The van der Waals surface area contributed by atoms with Crippen LogP contribution in [0.2, 0.25) is 0 Å². The summed E-state index contributed by atoms with van der Waals surface area (Å²) in [6.07, 6.45) is 4.35. The van der Waals surface area contributed by atoms with Gasteiger partial charge in [-0.1, -0.05) is 0 Å². The van der Waals surface area contributed by atoms with Crippen LogP contribution in [0.3, 0.4) is 0 Å². The van der Waals surface area contributed by atoms with Crippen LogP contribution in [-0.4, -0.2) is 49.2 Å². The summed E-state index contributed by atoms with van der Waals surface area (Å²) < 4.78 is 13.1. The Labute approximate surface area is 192 Å². The zero-order valence-corrected chi connectivity index (χ0v) is 19.4. The highest BCUT2D eigenvalue weighted by molar-refractivity contribution is 5.69. The van der Waals surface area contributed by atoms with Crippen LogP contribution in [0.4, 0.5) is 5.69 Å². The first kappa shape index (κ1) is 22.7. The van der Waals surface area contributed by atoms with E-state index in [0.717, 1.165) is 18.4 Å². The summed E-state index contributed by atoms with van der Waals surface area (Å²) in [7, 11) is 1.56. The van der Waals surface area contributed by atoms with Crippen LogP contribution in [0.25, 0.3) is 16.9 Å². The fourth-order valence-corrected chi connectivity index (χ4v) is 4.59. The van der Waals surface area contributed by atoms with Gasteiger partial charge in [0.2, 0.25) is 5.88 Å². The fourth-order valence-electron chi connectivity index (χ4n) is 4.59. The Balaban J connectivity index is 1.53. The molecule has 10 heteroatoms. The predicted molar refractivity (Wildman–Crippen MR) is 123 cm³/mol. The molecule has 174 valence electrons. The van der Waals surface area contributed by atoms with Gasteiger partial charge in [-0.15, -0.1) is 10.2 Å². The van der Waals surface area contributed by atoms with Crippen molar-refractivity contribution in [2.24, 2.45) is 0 Å². The van der Waals surface area contributed by atoms with E-state index < -0.39 is 4.92 Å². The third-order valence-corrected chi connectivity index (χ3v) is 5.59. The maximum absolute atomic E-state index is 10.9. The summed E-state index contributed by atoms with van der Waals surface area (Å²) >= 11 is 0. The second-order valence-electron chi connectivity index (χ2n) is 9.58. The molecule has 10 nitrogen and oxygen atoms in total. The van der Waals surface area contributed by atoms with E-state index in [0.29, 0.717) is 23.0 Å². The van der Waals surface area contributed by atoms with Crippen molar-refractivity contribution in [3.05, 3.63) is 52.8 Å². The van der Waals surface area contributed by atoms with Gasteiger partial charge in [-0.05, 0) is 45.9 Å². The van der Waals surface area contributed by atoms with Gasteiger partial charge in [-0.2, -0.15) is 5.10 Å². The number of methoxy groups -OCH3 is 1. The van der Waals surface area contributed by atoms with Crippen molar-refractivity contribution >= 4 is 5.69 Å². The third-order valence-electron chi connectivity index (χ3n) is 5.59. The van der Waals surface area contributed by atoms with Gasteiger partial charge >= 0.3 is 5.69 Å². The van der Waals surface area contributed by atoms with E-state index in [4.69, 9.17) is 9.47 Å². The Morgan fingerprint density at radius 1 is 1.12 bits per heavy atom. The van der Waals surface area contributed by atoms with Crippen molar-refractivity contribution in [1.82, 2.24) is 25.3 Å². The Hall–Kier alpha value is -3.53. The molecule has 0 aliphatic carbocycles. The standard InChI is InChI=1S/C23H28N6O4/c1-22(2)11-17(12-23(3,4)27-22)33-21-9-8-19(25-26-21)18-7-6-15(10-20(18)32-5)28-14-16(13-24-28)29(30)31/h6-10,13-14,17,27H,11-12H2,1-5H3. The van der Waals surface area contributed by atoms with Crippen LogP contribution in [0.5, 0.6) is 11.6 Å². The Kier molecular flexibility index (Phi) is 5.79. The van der Waals surface area contributed by atoms with E-state index >= 15 is 0 Å². The molecule has 0 bridgehead atoms. The molecule has 1 saturated heterocycles. The van der Waals surface area contributed by atoms with Crippen molar-refractivity contribution < 1.29 is 14.4 Å². The minimum Gasteiger partial charge on any atom is -0.496 e. The van der Waals surface area contributed by atoms with E-state index in [1.54, 1.807) is 19.2 Å². The molecule has 1 aliphatic rings. The second-order valence-corrected chi connectivity index (χ2v) is 9.58. The lowest BCUT2D eigenvalue weighted by molar-refractivity contribution is -0.384. The number of nitro groups is 1. The van der Waals surface area contributed by atoms with Gasteiger partial charge in [-0.25, -0.2) is 4.68 Å². The molecule has 0 amide bonds. The molecule has 0 unspecified atom stereocenters. The van der Waals surface area contributed by atoms with Gasteiger partial charge in [0.1, 0.15) is 24.2 Å². The molecular formula is C23H28N6O4. The Bertz CT molecular complexity index is 1140. The summed E-state index contributed by atoms with van der Waals surface area (Å²) in [6, 6.07) is 9.02. The zero-order chi connectivity index (χ0) is 23.8. The lowest BCUT2D eigenvalue weighted by Crippen LogP contribution is -2.60. The molecule has 4 rings (SSSR count). The molecule has 3 heterocycles. The number of hydrogen-bond donors (Lipinski definition) is 1. The van der Waals surface area contributed by atoms with Crippen LogP contribution < -0.4 is 14.8 Å². The summed E-state index contributed by atoms with van der Waals surface area (Å²) in [4.78, 5) is 10.4. The number of aromatic nitrogens is 4. The highest BCUT2D eigenvalue weighted by Crippen LogP contribution is 2.33. The normalized spacial score (nSPS) is 17.5. The summed E-state index contributed by atoms with van der Waals surface area (Å²) in [5, 5.41) is 27.2. The number of piperidine rings is 1. The van der Waals surface area contributed by atoms with E-state index in [2.05, 4.69) is 48.3 Å². The van der Waals surface area contributed by atoms with Crippen molar-refractivity contribution in [1.29, 1.82) is 0 Å². The molecule has 33 heavy (non-hydrogen) atoms. The fraction of sp³-hybridized carbons (Fsp3) is 0.435. The average molecular weight is 453 g/mol. The maximum Gasteiger partial charge on any atom is 0.307 e. The quantitative estimate of drug-likeness (QED) is 0.442. The number of rotatable bonds is 6. The van der Waals surface area contributed by atoms with Crippen molar-refractivity contribution in [2.75, 3.05) is 7.11 Å². The first-order valence-corrected chi connectivity index (χ1v) is 10.7. The van der Waals surface area contributed by atoms with Crippen molar-refractivity contribution in [3.8, 4) is 28.6 Å². The van der Waals surface area contributed by atoms with E-state index in [1.165, 1.54) is 17.1 Å². The second kappa shape index (κ2) is 8.43. The van der Waals surface area contributed by atoms with Gasteiger partial charge in [-0.3, -0.25) is 10.1 Å². The molecule has 0 spiro atoms. The van der Waals surface area contributed by atoms with Crippen molar-refractivity contribution in [3.63, 3.8) is 0 Å². The van der Waals surface area contributed by atoms with Crippen LogP contribution >= 0.6 is 0 Å². The van der Waals surface area contributed by atoms with Gasteiger partial charge in [0.15, 0.2) is 0 Å². The third kappa shape index (κ3) is 5.11. The zero-order valence-electron chi connectivity index (χ0n) is 19.4. The van der Waals surface area contributed by atoms with Crippen LogP contribution in [0, 0.1) is 10.1 Å². The van der Waals surface area contributed by atoms with Gasteiger partial charge < -0.3 is 14.8 Å². The number of nitrogens with zero attached hydrogens (tertiary/aromatic N) is 5. The van der Waals surface area contributed by atoms with E-state index in [-0.39, 0.29) is 22.9 Å². The topological polar surface area (TPSA) is 117 Å². The SMILES string of the molecule is COc1cc(-n2cc([N+](=O)[O-])cn2)ccc1-c1ccc(OC2CC(C)(C)NC(C)(C)C2)nn1. The average Bonchev–Trinajstić information content (AvgIpc) is 3.22. The molecule has 2 aromatic heterocycles. The number of ether oxygens (including phenoxy) is 2. The molecule has 0 saturated carbocycles. The van der Waals surface area contributed by atoms with Crippen LogP contribution in [0.15, 0.2) is 42.7 Å². The molecule has 3 aromatic rings.